The average Bonchev–Trinajstić information content (AvgIpc) is 3.60. The van der Waals surface area contributed by atoms with Crippen molar-refractivity contribution in [3.63, 3.8) is 0 Å². The Morgan fingerprint density at radius 1 is 0.850 bits per heavy atom. The van der Waals surface area contributed by atoms with Crippen molar-refractivity contribution in [3.8, 4) is 5.75 Å². The van der Waals surface area contributed by atoms with Gasteiger partial charge in [-0.15, -0.1) is 0 Å². The molecule has 7 rings (SSSR count). The van der Waals surface area contributed by atoms with Crippen molar-refractivity contribution < 1.29 is 22.3 Å². The van der Waals surface area contributed by atoms with E-state index in [0.717, 1.165) is 76.0 Å². The third kappa shape index (κ3) is 9.38. The Morgan fingerprint density at radius 3 is 2.43 bits per heavy atom. The summed E-state index contributed by atoms with van der Waals surface area (Å²) in [4.78, 5) is 5.32. The van der Waals surface area contributed by atoms with Crippen LogP contribution >= 0.6 is 0 Å². The SMILES string of the molecule is CC1(C)C(/C=C/C2=C(Oc3ccccc3)C(=C/C=C3\N(CCCCOS(=O)O)c4ccccc4C3(C)C)/CCC2)=[N+](CCCCCCN=[N+]=[N-])c2ccc3ccccc3c21. The Morgan fingerprint density at radius 2 is 1.62 bits per heavy atom. The molecule has 2 aliphatic heterocycles. The Hall–Kier alpha value is -5.25. The Balaban J connectivity index is 1.26. The van der Waals surface area contributed by atoms with Crippen LogP contribution in [0.1, 0.15) is 96.6 Å². The number of para-hydroxylation sites is 2. The fourth-order valence-corrected chi connectivity index (χ4v) is 9.59. The molecule has 0 amide bonds. The topological polar surface area (TPSA) is 111 Å². The number of azide groups is 1. The molecule has 10 heteroatoms. The van der Waals surface area contributed by atoms with Gasteiger partial charge in [0.2, 0.25) is 5.69 Å². The quantitative estimate of drug-likeness (QED) is 0.0268. The highest BCUT2D eigenvalue weighted by Gasteiger charge is 2.45. The molecule has 4 aromatic carbocycles. The van der Waals surface area contributed by atoms with Gasteiger partial charge in [0.05, 0.1) is 12.0 Å². The van der Waals surface area contributed by atoms with Crippen molar-refractivity contribution in [2.45, 2.75) is 96.3 Å². The molecule has 0 saturated carbocycles. The minimum absolute atomic E-state index is 0.226. The molecule has 4 aromatic rings. The van der Waals surface area contributed by atoms with E-state index in [-0.39, 0.29) is 17.4 Å². The molecular weight excluding hydrogens is 767 g/mol. The van der Waals surface area contributed by atoms with Crippen LogP contribution in [0.15, 0.2) is 143 Å². The van der Waals surface area contributed by atoms with Gasteiger partial charge in [0.1, 0.15) is 18.1 Å². The number of nitrogens with zero attached hydrogens (tertiary/aromatic N) is 5. The number of unbranched alkanes of at least 4 members (excludes halogenated alkanes) is 4. The summed E-state index contributed by atoms with van der Waals surface area (Å²) in [6, 6.07) is 32.0. The van der Waals surface area contributed by atoms with Crippen LogP contribution in [-0.2, 0) is 26.4 Å². The smallest absolute Gasteiger partial charge is 0.301 e. The van der Waals surface area contributed by atoms with E-state index in [1.165, 1.54) is 55.8 Å². The number of fused-ring (bicyclic) bond motifs is 4. The summed E-state index contributed by atoms with van der Waals surface area (Å²) in [6.07, 6.45) is 17.6. The zero-order valence-electron chi connectivity index (χ0n) is 35.5. The van der Waals surface area contributed by atoms with Crippen LogP contribution in [0.3, 0.4) is 0 Å². The molecule has 0 bridgehead atoms. The van der Waals surface area contributed by atoms with E-state index in [1.54, 1.807) is 0 Å². The molecule has 0 radical (unpaired) electrons. The summed E-state index contributed by atoms with van der Waals surface area (Å²) in [5.74, 6) is 1.73. The molecule has 0 aromatic heterocycles. The molecule has 2 heterocycles. The maximum atomic E-state index is 11.1. The minimum atomic E-state index is -2.25. The summed E-state index contributed by atoms with van der Waals surface area (Å²) >= 11 is -2.25. The molecule has 9 nitrogen and oxygen atoms in total. The van der Waals surface area contributed by atoms with Gasteiger partial charge in [0, 0.05) is 58.9 Å². The molecule has 0 saturated heterocycles. The second-order valence-electron chi connectivity index (χ2n) is 17.0. The van der Waals surface area contributed by atoms with Crippen molar-refractivity contribution in [2.24, 2.45) is 5.11 Å². The first-order valence-electron chi connectivity index (χ1n) is 21.5. The standard InChI is InChI=1S/C50H57N5O4S/c1-49(2)42-25-12-13-26-43(42)54(35-16-17-36-58-60(56)57)45(49)31-28-38-20-18-21-39(48(38)59-40-22-8-7-9-23-40)29-32-46-50(3,4)47-41-24-11-10-19-37(41)27-30-44(47)55(46)34-15-6-5-14-33-52-53-51/h7-13,19,22-32H,5-6,14-18,20-21,33-36H2,1-4H3/p+1. The molecule has 0 fully saturated rings. The van der Waals surface area contributed by atoms with Crippen LogP contribution in [0.2, 0.25) is 0 Å². The van der Waals surface area contributed by atoms with Gasteiger partial charge in [-0.1, -0.05) is 92.1 Å². The first-order chi connectivity index (χ1) is 29.1. The zero-order chi connectivity index (χ0) is 42.1. The molecule has 1 atom stereocenters. The van der Waals surface area contributed by atoms with Gasteiger partial charge in [-0.05, 0) is 128 Å². The lowest BCUT2D eigenvalue weighted by atomic mass is 9.78. The highest BCUT2D eigenvalue weighted by Crippen LogP contribution is 2.48. The summed E-state index contributed by atoms with van der Waals surface area (Å²) in [5.41, 5.74) is 18.2. The van der Waals surface area contributed by atoms with Gasteiger partial charge in [-0.3, -0.25) is 8.74 Å². The van der Waals surface area contributed by atoms with Crippen molar-refractivity contribution >= 4 is 39.2 Å². The highest BCUT2D eigenvalue weighted by atomic mass is 32.2. The molecular formula is C50H58N5O4S+. The maximum Gasteiger partial charge on any atom is 0.301 e. The van der Waals surface area contributed by atoms with Crippen LogP contribution in [0.25, 0.3) is 21.2 Å². The first-order valence-corrected chi connectivity index (χ1v) is 22.5. The zero-order valence-corrected chi connectivity index (χ0v) is 36.3. The fraction of sp³-hybridized carbons (Fsp3) is 0.380. The lowest BCUT2D eigenvalue weighted by molar-refractivity contribution is -0.438. The molecule has 1 unspecified atom stereocenters. The molecule has 60 heavy (non-hydrogen) atoms. The molecule has 3 aliphatic rings. The van der Waals surface area contributed by atoms with E-state index in [9.17, 15) is 4.21 Å². The third-order valence-electron chi connectivity index (χ3n) is 12.3. The van der Waals surface area contributed by atoms with E-state index in [0.29, 0.717) is 13.0 Å². The van der Waals surface area contributed by atoms with E-state index in [4.69, 9.17) is 19.0 Å². The van der Waals surface area contributed by atoms with E-state index >= 15 is 0 Å². The van der Waals surface area contributed by atoms with Crippen molar-refractivity contribution in [3.05, 3.63) is 159 Å². The number of allylic oxidation sites excluding steroid dienone is 7. The largest absolute Gasteiger partial charge is 0.457 e. The lowest BCUT2D eigenvalue weighted by Gasteiger charge is -2.27. The number of anilines is 1. The monoisotopic (exact) mass is 824 g/mol. The normalized spacial score (nSPS) is 18.7. The van der Waals surface area contributed by atoms with Gasteiger partial charge in [0.15, 0.2) is 5.71 Å². The van der Waals surface area contributed by atoms with Crippen LogP contribution in [-0.4, -0.2) is 45.3 Å². The number of rotatable bonds is 18. The van der Waals surface area contributed by atoms with Gasteiger partial charge in [-0.25, -0.2) is 0 Å². The maximum absolute atomic E-state index is 11.1. The van der Waals surface area contributed by atoms with Gasteiger partial charge < -0.3 is 9.64 Å². The summed E-state index contributed by atoms with van der Waals surface area (Å²) < 4.78 is 34.5. The Labute approximate surface area is 357 Å². The van der Waals surface area contributed by atoms with Gasteiger partial charge >= 0.3 is 11.4 Å². The first kappa shape index (κ1) is 42.9. The Kier molecular flexibility index (Phi) is 13.9. The molecule has 0 spiro atoms. The Bertz CT molecular complexity index is 2420. The van der Waals surface area contributed by atoms with Crippen molar-refractivity contribution in [1.82, 2.24) is 0 Å². The van der Waals surface area contributed by atoms with Crippen LogP contribution < -0.4 is 9.64 Å². The van der Waals surface area contributed by atoms with Gasteiger partial charge in [0.25, 0.3) is 0 Å². The predicted octanol–water partition coefficient (Wildman–Crippen LogP) is 12.7. The predicted molar refractivity (Wildman–Crippen MR) is 245 cm³/mol. The fourth-order valence-electron chi connectivity index (χ4n) is 9.33. The highest BCUT2D eigenvalue weighted by molar-refractivity contribution is 7.74. The van der Waals surface area contributed by atoms with E-state index < -0.39 is 11.4 Å². The van der Waals surface area contributed by atoms with Crippen LogP contribution in [0.4, 0.5) is 11.4 Å². The van der Waals surface area contributed by atoms with Gasteiger partial charge in [-0.2, -0.15) is 8.78 Å². The second kappa shape index (κ2) is 19.4. The summed E-state index contributed by atoms with van der Waals surface area (Å²) in [7, 11) is 0. The average molecular weight is 825 g/mol. The molecule has 1 aliphatic carbocycles. The van der Waals surface area contributed by atoms with Crippen molar-refractivity contribution in [1.29, 1.82) is 0 Å². The van der Waals surface area contributed by atoms with Crippen molar-refractivity contribution in [2.75, 3.05) is 31.1 Å². The summed E-state index contributed by atoms with van der Waals surface area (Å²) in [6.45, 7) is 11.8. The van der Waals surface area contributed by atoms with Crippen LogP contribution in [0.5, 0.6) is 5.75 Å². The van der Waals surface area contributed by atoms with E-state index in [2.05, 4.69) is 132 Å². The molecule has 312 valence electrons. The number of ether oxygens (including phenoxy) is 1. The number of hydrogen-bond acceptors (Lipinski definition) is 5. The van der Waals surface area contributed by atoms with E-state index in [1.807, 2.05) is 30.3 Å². The third-order valence-corrected chi connectivity index (χ3v) is 12.7. The number of benzene rings is 4. The molecule has 1 N–H and O–H groups in total. The lowest BCUT2D eigenvalue weighted by Crippen LogP contribution is -2.28. The minimum Gasteiger partial charge on any atom is -0.457 e. The number of hydrogen-bond donors (Lipinski definition) is 1. The van der Waals surface area contributed by atoms with Crippen LogP contribution in [0, 0.1) is 0 Å². The summed E-state index contributed by atoms with van der Waals surface area (Å²) in [5, 5.41) is 6.28. The second-order valence-corrected chi connectivity index (χ2v) is 17.6.